The molecule has 0 unspecified atom stereocenters. The summed E-state index contributed by atoms with van der Waals surface area (Å²) in [4.78, 5) is 21.6. The lowest BCUT2D eigenvalue weighted by molar-refractivity contribution is -0.171. The lowest BCUT2D eigenvalue weighted by Gasteiger charge is -2.04. The third-order valence-electron chi connectivity index (χ3n) is 1.80. The van der Waals surface area contributed by atoms with Gasteiger partial charge in [0.15, 0.2) is 5.78 Å². The molecule has 0 fully saturated rings. The van der Waals surface area contributed by atoms with Gasteiger partial charge >= 0.3 is 6.18 Å². The molecule has 0 heterocycles. The molecule has 0 bridgehead atoms. The highest BCUT2D eigenvalue weighted by Gasteiger charge is 2.39. The Balaban J connectivity index is 4.62. The van der Waals surface area contributed by atoms with Crippen molar-refractivity contribution in [2.24, 2.45) is 5.73 Å². The Kier molecular flexibility index (Phi) is 4.94. The maximum absolute atomic E-state index is 11.8. The van der Waals surface area contributed by atoms with Crippen LogP contribution < -0.4 is 5.73 Å². The van der Waals surface area contributed by atoms with E-state index >= 15 is 0 Å². The molecule has 16 heavy (non-hydrogen) atoms. The minimum Gasteiger partial charge on any atom is -0.396 e. The van der Waals surface area contributed by atoms with E-state index in [1.807, 2.05) is 0 Å². The second-order valence-corrected chi connectivity index (χ2v) is 3.15. The fraction of sp³-hybridized carbons (Fsp3) is 0.400. The number of ketones is 2. The van der Waals surface area contributed by atoms with Crippen LogP contribution in [-0.4, -0.2) is 17.7 Å². The first-order valence-corrected chi connectivity index (χ1v) is 4.41. The Morgan fingerprint density at radius 2 is 1.81 bits per heavy atom. The molecular formula is C10H12F3NO2. The van der Waals surface area contributed by atoms with Gasteiger partial charge in [-0.05, 0) is 19.9 Å². The number of hydrogen-bond donors (Lipinski definition) is 1. The van der Waals surface area contributed by atoms with Crippen LogP contribution in [0.5, 0.6) is 0 Å². The number of allylic oxidation sites excluding steroid dienone is 4. The van der Waals surface area contributed by atoms with Crippen LogP contribution in [0.1, 0.15) is 20.3 Å². The summed E-state index contributed by atoms with van der Waals surface area (Å²) >= 11 is 0. The molecule has 6 heteroatoms. The summed E-state index contributed by atoms with van der Waals surface area (Å²) in [6, 6.07) is 0. The number of halogens is 3. The number of rotatable bonds is 4. The van der Waals surface area contributed by atoms with Crippen molar-refractivity contribution >= 4 is 11.6 Å². The highest BCUT2D eigenvalue weighted by Crippen LogP contribution is 2.18. The molecule has 2 N–H and O–H groups in total. The summed E-state index contributed by atoms with van der Waals surface area (Å²) in [6.45, 7) is 3.32. The van der Waals surface area contributed by atoms with Crippen LogP contribution in [0.15, 0.2) is 23.4 Å². The second-order valence-electron chi connectivity index (χ2n) is 3.15. The fourth-order valence-corrected chi connectivity index (χ4v) is 0.757. The standard InChI is InChI=1S/C10H12F3NO2/c1-3-6(2)4-7(14)8(15)5-9(16)10(11,12)13/h3-4H,5,14H2,1-2H3/b6-3-,7-4-. The first-order valence-electron chi connectivity index (χ1n) is 4.41. The molecule has 0 aliphatic heterocycles. The van der Waals surface area contributed by atoms with Gasteiger partial charge in [0, 0.05) is 0 Å². The summed E-state index contributed by atoms with van der Waals surface area (Å²) in [6.07, 6.45) is -3.38. The van der Waals surface area contributed by atoms with Crippen molar-refractivity contribution in [1.29, 1.82) is 0 Å². The van der Waals surface area contributed by atoms with Gasteiger partial charge in [-0.3, -0.25) is 9.59 Å². The van der Waals surface area contributed by atoms with Crippen LogP contribution in [0.25, 0.3) is 0 Å². The number of carbonyl (C=O) groups excluding carboxylic acids is 2. The Morgan fingerprint density at radius 3 is 2.19 bits per heavy atom. The predicted octanol–water partition coefficient (Wildman–Crippen LogP) is 1.89. The summed E-state index contributed by atoms with van der Waals surface area (Å²) in [5.74, 6) is -3.12. The average molecular weight is 235 g/mol. The van der Waals surface area contributed by atoms with E-state index in [0.29, 0.717) is 5.57 Å². The normalized spacial score (nSPS) is 13.8. The smallest absolute Gasteiger partial charge is 0.396 e. The first-order chi connectivity index (χ1) is 7.18. The highest BCUT2D eigenvalue weighted by molar-refractivity contribution is 6.08. The van der Waals surface area contributed by atoms with Crippen LogP contribution in [0.2, 0.25) is 0 Å². The predicted molar refractivity (Wildman–Crippen MR) is 52.4 cm³/mol. The van der Waals surface area contributed by atoms with Crippen molar-refractivity contribution in [1.82, 2.24) is 0 Å². The molecular weight excluding hydrogens is 223 g/mol. The minimum atomic E-state index is -4.99. The molecule has 0 atom stereocenters. The van der Waals surface area contributed by atoms with Crippen molar-refractivity contribution in [3.05, 3.63) is 23.4 Å². The van der Waals surface area contributed by atoms with Crippen molar-refractivity contribution < 1.29 is 22.8 Å². The largest absolute Gasteiger partial charge is 0.450 e. The van der Waals surface area contributed by atoms with Crippen molar-refractivity contribution in [2.75, 3.05) is 0 Å². The molecule has 0 amide bonds. The highest BCUT2D eigenvalue weighted by atomic mass is 19.4. The monoisotopic (exact) mass is 235 g/mol. The summed E-state index contributed by atoms with van der Waals surface area (Å²) in [5.41, 5.74) is 5.51. The van der Waals surface area contributed by atoms with Crippen LogP contribution >= 0.6 is 0 Å². The van der Waals surface area contributed by atoms with E-state index < -0.39 is 24.2 Å². The van der Waals surface area contributed by atoms with Gasteiger partial charge in [-0.1, -0.05) is 11.6 Å². The van der Waals surface area contributed by atoms with Gasteiger partial charge in [0.1, 0.15) is 0 Å². The summed E-state index contributed by atoms with van der Waals surface area (Å²) < 4.78 is 35.5. The zero-order valence-corrected chi connectivity index (χ0v) is 8.89. The second kappa shape index (κ2) is 5.48. The van der Waals surface area contributed by atoms with Gasteiger partial charge in [0.05, 0.1) is 12.1 Å². The molecule has 0 aliphatic carbocycles. The van der Waals surface area contributed by atoms with Gasteiger partial charge in [0.25, 0.3) is 0 Å². The van der Waals surface area contributed by atoms with Gasteiger partial charge in [-0.25, -0.2) is 0 Å². The molecule has 0 spiro atoms. The molecule has 0 saturated carbocycles. The van der Waals surface area contributed by atoms with E-state index in [2.05, 4.69) is 0 Å². The van der Waals surface area contributed by atoms with Gasteiger partial charge in [0.2, 0.25) is 5.78 Å². The minimum absolute atomic E-state index is 0.354. The molecule has 0 saturated heterocycles. The van der Waals surface area contributed by atoms with Gasteiger partial charge in [-0.2, -0.15) is 13.2 Å². The Morgan fingerprint density at radius 1 is 1.31 bits per heavy atom. The molecule has 0 radical (unpaired) electrons. The molecule has 0 aromatic heterocycles. The maximum Gasteiger partial charge on any atom is 0.450 e. The molecule has 0 aliphatic rings. The van der Waals surface area contributed by atoms with Crippen molar-refractivity contribution in [2.45, 2.75) is 26.4 Å². The molecule has 0 rings (SSSR count). The third kappa shape index (κ3) is 4.77. The van der Waals surface area contributed by atoms with Crippen LogP contribution in [-0.2, 0) is 9.59 Å². The van der Waals surface area contributed by atoms with E-state index in [0.717, 1.165) is 0 Å². The quantitative estimate of drug-likeness (QED) is 0.460. The van der Waals surface area contributed by atoms with Crippen LogP contribution in [0.4, 0.5) is 13.2 Å². The van der Waals surface area contributed by atoms with Gasteiger partial charge in [-0.15, -0.1) is 0 Å². The van der Waals surface area contributed by atoms with Crippen LogP contribution in [0.3, 0.4) is 0 Å². The number of hydrogen-bond acceptors (Lipinski definition) is 3. The summed E-state index contributed by atoms with van der Waals surface area (Å²) in [5, 5.41) is 0. The Bertz CT molecular complexity index is 354. The SMILES string of the molecule is C/C=C(C)\C=C(/N)C(=O)CC(=O)C(F)(F)F. The number of nitrogens with two attached hydrogens (primary N) is 1. The first kappa shape index (κ1) is 14.4. The lowest BCUT2D eigenvalue weighted by atomic mass is 10.1. The van der Waals surface area contributed by atoms with E-state index in [-0.39, 0.29) is 5.70 Å². The lowest BCUT2D eigenvalue weighted by Crippen LogP contribution is -2.27. The average Bonchev–Trinajstić information content (AvgIpc) is 2.15. The Hall–Kier alpha value is -1.59. The van der Waals surface area contributed by atoms with E-state index in [4.69, 9.17) is 5.73 Å². The number of Topliss-reactive ketones (excluding diaryl/α,β-unsaturated/α-hetero) is 2. The molecule has 3 nitrogen and oxygen atoms in total. The summed E-state index contributed by atoms with van der Waals surface area (Å²) in [7, 11) is 0. The van der Waals surface area contributed by atoms with E-state index in [9.17, 15) is 22.8 Å². The van der Waals surface area contributed by atoms with E-state index in [1.165, 1.54) is 6.08 Å². The zero-order valence-electron chi connectivity index (χ0n) is 8.89. The third-order valence-corrected chi connectivity index (χ3v) is 1.80. The fourth-order valence-electron chi connectivity index (χ4n) is 0.757. The maximum atomic E-state index is 11.8. The topological polar surface area (TPSA) is 60.2 Å². The van der Waals surface area contributed by atoms with Gasteiger partial charge < -0.3 is 5.73 Å². The molecule has 0 aromatic rings. The molecule has 0 aromatic carbocycles. The van der Waals surface area contributed by atoms with Crippen molar-refractivity contribution in [3.63, 3.8) is 0 Å². The van der Waals surface area contributed by atoms with Crippen LogP contribution in [0, 0.1) is 0 Å². The number of alkyl halides is 3. The molecule has 90 valence electrons. The Labute approximate surface area is 90.8 Å². The zero-order chi connectivity index (χ0) is 12.9. The number of carbonyl (C=O) groups is 2. The van der Waals surface area contributed by atoms with E-state index in [1.54, 1.807) is 19.9 Å². The van der Waals surface area contributed by atoms with Crippen molar-refractivity contribution in [3.8, 4) is 0 Å².